The van der Waals surface area contributed by atoms with Gasteiger partial charge in [0.1, 0.15) is 17.0 Å². The van der Waals surface area contributed by atoms with Crippen LogP contribution >= 0.6 is 0 Å². The van der Waals surface area contributed by atoms with Gasteiger partial charge in [-0.15, -0.1) is 10.2 Å². The van der Waals surface area contributed by atoms with Crippen molar-refractivity contribution < 1.29 is 33.6 Å². The molecule has 11 heteroatoms. The van der Waals surface area contributed by atoms with Crippen LogP contribution in [0.1, 0.15) is 22.1 Å². The molecular weight excluding hydrogens is 456 g/mol. The maximum atomic E-state index is 12.2. The Kier molecular flexibility index (Phi) is 6.97. The number of carboxylic acids is 1. The molecule has 11 nitrogen and oxygen atoms in total. The topological polar surface area (TPSA) is 125 Å². The van der Waals surface area contributed by atoms with Gasteiger partial charge in [-0.2, -0.15) is 0 Å². The van der Waals surface area contributed by atoms with Crippen LogP contribution in [0.2, 0.25) is 0 Å². The number of aromatic nitrogens is 2. The van der Waals surface area contributed by atoms with Gasteiger partial charge in [0.05, 0.1) is 47.3 Å². The highest BCUT2D eigenvalue weighted by molar-refractivity contribution is 6.06. The molecule has 1 fully saturated rings. The van der Waals surface area contributed by atoms with Crippen molar-refractivity contribution in [1.29, 1.82) is 0 Å². The summed E-state index contributed by atoms with van der Waals surface area (Å²) in [4.78, 5) is 14.2. The van der Waals surface area contributed by atoms with E-state index < -0.39 is 5.97 Å². The van der Waals surface area contributed by atoms with Crippen molar-refractivity contribution in [2.75, 3.05) is 60.1 Å². The lowest BCUT2D eigenvalue weighted by Gasteiger charge is -2.36. The Balaban J connectivity index is 1.86. The normalized spacial score (nSPS) is 15.6. The average molecular weight is 485 g/mol. The van der Waals surface area contributed by atoms with Crippen LogP contribution in [-0.4, -0.2) is 76.5 Å². The van der Waals surface area contributed by atoms with Crippen LogP contribution in [0, 0.1) is 0 Å². The predicted octanol–water partition coefficient (Wildman–Crippen LogP) is 2.52. The van der Waals surface area contributed by atoms with Gasteiger partial charge in [0.2, 0.25) is 5.75 Å². The minimum atomic E-state index is -1.18. The zero-order valence-electron chi connectivity index (χ0n) is 20.2. The van der Waals surface area contributed by atoms with Crippen LogP contribution in [0.5, 0.6) is 28.7 Å². The van der Waals surface area contributed by atoms with Crippen LogP contribution in [0.3, 0.4) is 0 Å². The molecule has 0 aliphatic carbocycles. The predicted molar refractivity (Wildman–Crippen MR) is 129 cm³/mol. The number of anilines is 1. The van der Waals surface area contributed by atoms with E-state index in [1.54, 1.807) is 26.4 Å². The van der Waals surface area contributed by atoms with Gasteiger partial charge in [-0.3, -0.25) is 0 Å². The zero-order valence-corrected chi connectivity index (χ0v) is 20.2. The molecule has 2 N–H and O–H groups in total. The monoisotopic (exact) mass is 484 g/mol. The van der Waals surface area contributed by atoms with E-state index in [2.05, 4.69) is 15.5 Å². The summed E-state index contributed by atoms with van der Waals surface area (Å²) in [5.74, 6) is 1.22. The number of hydrogen-bond donors (Lipinski definition) is 2. The molecule has 1 atom stereocenters. The molecular formula is C24H28N4O7. The van der Waals surface area contributed by atoms with E-state index in [9.17, 15) is 9.90 Å². The maximum Gasteiger partial charge on any atom is 0.358 e. The lowest BCUT2D eigenvalue weighted by Crippen LogP contribution is -2.46. The first-order chi connectivity index (χ1) is 16.9. The number of carboxylic acid groups (broad SMARTS) is 1. The summed E-state index contributed by atoms with van der Waals surface area (Å²) in [5.41, 5.74) is 1.60. The van der Waals surface area contributed by atoms with E-state index in [0.717, 1.165) is 5.56 Å². The zero-order chi connectivity index (χ0) is 25.1. The molecule has 35 heavy (non-hydrogen) atoms. The first kappa shape index (κ1) is 24.1. The second kappa shape index (κ2) is 10.1. The van der Waals surface area contributed by atoms with E-state index in [1.807, 2.05) is 17.0 Å². The Hall–Kier alpha value is -3.99. The van der Waals surface area contributed by atoms with Crippen molar-refractivity contribution in [3.63, 3.8) is 0 Å². The number of rotatable bonds is 8. The molecule has 1 unspecified atom stereocenters. The Bertz CT molecular complexity index is 1230. The highest BCUT2D eigenvalue weighted by Crippen LogP contribution is 2.45. The van der Waals surface area contributed by atoms with Gasteiger partial charge >= 0.3 is 5.97 Å². The van der Waals surface area contributed by atoms with E-state index >= 15 is 0 Å². The number of nitrogens with zero attached hydrogens (tertiary/aromatic N) is 3. The van der Waals surface area contributed by atoms with Crippen molar-refractivity contribution >= 4 is 22.6 Å². The third kappa shape index (κ3) is 4.42. The summed E-state index contributed by atoms with van der Waals surface area (Å²) in [6, 6.07) is 7.25. The molecule has 0 saturated carbocycles. The highest BCUT2D eigenvalue weighted by atomic mass is 16.5. The van der Waals surface area contributed by atoms with Gasteiger partial charge in [0, 0.05) is 31.1 Å². The van der Waals surface area contributed by atoms with Crippen molar-refractivity contribution in [2.24, 2.45) is 0 Å². The molecule has 0 radical (unpaired) electrons. The average Bonchev–Trinajstić information content (AvgIpc) is 2.90. The summed E-state index contributed by atoms with van der Waals surface area (Å²) < 4.78 is 27.4. The third-order valence-electron chi connectivity index (χ3n) is 6.00. The first-order valence-corrected chi connectivity index (χ1v) is 10.9. The molecule has 1 aliphatic heterocycles. The molecule has 2 heterocycles. The molecule has 2 aromatic carbocycles. The summed E-state index contributed by atoms with van der Waals surface area (Å²) >= 11 is 0. The fourth-order valence-corrected chi connectivity index (χ4v) is 4.37. The Morgan fingerprint density at radius 2 is 1.63 bits per heavy atom. The maximum absolute atomic E-state index is 12.2. The van der Waals surface area contributed by atoms with Gasteiger partial charge in [-0.05, 0) is 23.8 Å². The molecule has 3 aromatic rings. The number of nitrogens with one attached hydrogen (secondary N) is 1. The van der Waals surface area contributed by atoms with E-state index in [4.69, 9.17) is 23.7 Å². The van der Waals surface area contributed by atoms with Crippen LogP contribution in [0.25, 0.3) is 10.9 Å². The second-order valence-corrected chi connectivity index (χ2v) is 7.84. The fraction of sp³-hybridized carbons (Fsp3) is 0.375. The number of hydrogen-bond acceptors (Lipinski definition) is 10. The molecule has 1 aromatic heterocycles. The van der Waals surface area contributed by atoms with E-state index in [1.165, 1.54) is 21.3 Å². The summed E-state index contributed by atoms with van der Waals surface area (Å²) in [5, 5.41) is 22.2. The largest absolute Gasteiger partial charge is 0.497 e. The van der Waals surface area contributed by atoms with Crippen molar-refractivity contribution in [3.05, 3.63) is 35.5 Å². The number of carbonyl (C=O) groups is 1. The smallest absolute Gasteiger partial charge is 0.358 e. The quantitative estimate of drug-likeness (QED) is 0.490. The Morgan fingerprint density at radius 1 is 0.943 bits per heavy atom. The molecule has 0 amide bonds. The first-order valence-electron chi connectivity index (χ1n) is 10.9. The lowest BCUT2D eigenvalue weighted by atomic mass is 10.0. The van der Waals surface area contributed by atoms with Crippen molar-refractivity contribution in [3.8, 4) is 28.7 Å². The van der Waals surface area contributed by atoms with Crippen LogP contribution in [-0.2, 0) is 0 Å². The summed E-state index contributed by atoms with van der Waals surface area (Å²) in [6.07, 6.45) is 0. The van der Waals surface area contributed by atoms with Gasteiger partial charge in [-0.1, -0.05) is 0 Å². The minimum absolute atomic E-state index is 0.125. The number of piperazine rings is 1. The molecule has 186 valence electrons. The Labute approximate surface area is 202 Å². The van der Waals surface area contributed by atoms with E-state index in [0.29, 0.717) is 65.0 Å². The molecule has 0 spiro atoms. The van der Waals surface area contributed by atoms with Crippen LogP contribution < -0.4 is 33.9 Å². The molecule has 1 aliphatic rings. The second-order valence-electron chi connectivity index (χ2n) is 7.84. The molecule has 0 bridgehead atoms. The number of ether oxygens (including phenoxy) is 5. The number of fused-ring (bicyclic) bond motifs is 1. The number of aromatic carboxylic acids is 1. The van der Waals surface area contributed by atoms with Gasteiger partial charge in [0.15, 0.2) is 17.2 Å². The SMILES string of the molecule is COc1cc(OC)cc(C2CN(c3c(C(=O)O)nnc4c(OC)c(OC)c(OC)cc34)CCN2)c1. The Morgan fingerprint density at radius 3 is 2.20 bits per heavy atom. The number of methoxy groups -OCH3 is 5. The van der Waals surface area contributed by atoms with Gasteiger partial charge < -0.3 is 39.0 Å². The summed E-state index contributed by atoms with van der Waals surface area (Å²) in [7, 11) is 7.69. The number of benzene rings is 2. The highest BCUT2D eigenvalue weighted by Gasteiger charge is 2.30. The summed E-state index contributed by atoms with van der Waals surface area (Å²) in [6.45, 7) is 1.63. The lowest BCUT2D eigenvalue weighted by molar-refractivity contribution is 0.0690. The molecule has 1 saturated heterocycles. The standard InChI is InChI=1S/C24H28N4O7/c1-31-14-8-13(9-15(10-14)32-2)17-12-28(7-6-25-17)21-16-11-18(33-3)22(34-4)23(35-5)19(16)26-27-20(21)24(29)30/h8-11,17,25H,6-7,12H2,1-5H3,(H,29,30). The van der Waals surface area contributed by atoms with Crippen LogP contribution in [0.15, 0.2) is 24.3 Å². The van der Waals surface area contributed by atoms with Gasteiger partial charge in [0.25, 0.3) is 0 Å². The third-order valence-corrected chi connectivity index (χ3v) is 6.00. The fourth-order valence-electron chi connectivity index (χ4n) is 4.37. The van der Waals surface area contributed by atoms with Crippen LogP contribution in [0.4, 0.5) is 5.69 Å². The van der Waals surface area contributed by atoms with E-state index in [-0.39, 0.29) is 11.7 Å². The molecule has 4 rings (SSSR count). The minimum Gasteiger partial charge on any atom is -0.497 e. The van der Waals surface area contributed by atoms with Crippen molar-refractivity contribution in [2.45, 2.75) is 6.04 Å². The van der Waals surface area contributed by atoms with Gasteiger partial charge in [-0.25, -0.2) is 4.79 Å². The van der Waals surface area contributed by atoms with Crippen molar-refractivity contribution in [1.82, 2.24) is 15.5 Å².